The fourth-order valence-corrected chi connectivity index (χ4v) is 3.55. The predicted octanol–water partition coefficient (Wildman–Crippen LogP) is 1.95. The van der Waals surface area contributed by atoms with Gasteiger partial charge in [-0.05, 0) is 37.5 Å². The van der Waals surface area contributed by atoms with Crippen LogP contribution in [0.1, 0.15) is 18.4 Å². The highest BCUT2D eigenvalue weighted by Gasteiger charge is 2.29. The zero-order valence-electron chi connectivity index (χ0n) is 10.6. The lowest BCUT2D eigenvalue weighted by atomic mass is 10.2. The summed E-state index contributed by atoms with van der Waals surface area (Å²) >= 11 is 5.92. The van der Waals surface area contributed by atoms with Crippen molar-refractivity contribution >= 4 is 27.3 Å². The van der Waals surface area contributed by atoms with Crippen LogP contribution in [0.15, 0.2) is 23.1 Å². The molecule has 0 radical (unpaired) electrons. The first-order chi connectivity index (χ1) is 8.90. The lowest BCUT2D eigenvalue weighted by Gasteiger charge is -2.08. The molecule has 1 aliphatic carbocycles. The summed E-state index contributed by atoms with van der Waals surface area (Å²) in [5.74, 6) is -0.0925. The molecule has 1 aliphatic rings. The zero-order valence-corrected chi connectivity index (χ0v) is 12.2. The van der Waals surface area contributed by atoms with Gasteiger partial charge in [0.2, 0.25) is 5.91 Å². The van der Waals surface area contributed by atoms with E-state index in [9.17, 15) is 13.2 Å². The number of aryl methyl sites for hydroxylation is 1. The van der Waals surface area contributed by atoms with E-state index in [1.165, 1.54) is 0 Å². The van der Waals surface area contributed by atoms with Crippen molar-refractivity contribution in [3.8, 4) is 0 Å². The van der Waals surface area contributed by atoms with E-state index in [0.717, 1.165) is 18.4 Å². The molecule has 0 aliphatic heterocycles. The number of amides is 1. The molecule has 0 saturated heterocycles. The molecule has 0 aromatic heterocycles. The minimum atomic E-state index is -3.46. The summed E-state index contributed by atoms with van der Waals surface area (Å²) in [4.78, 5) is 11.6. The quantitative estimate of drug-likeness (QED) is 0.904. The first-order valence-electron chi connectivity index (χ1n) is 6.17. The molecule has 104 valence electrons. The van der Waals surface area contributed by atoms with Crippen molar-refractivity contribution in [3.05, 3.63) is 28.8 Å². The number of rotatable bonds is 5. The zero-order chi connectivity index (χ0) is 14.0. The van der Waals surface area contributed by atoms with Gasteiger partial charge in [-0.25, -0.2) is 8.42 Å². The standard InChI is InChI=1S/C13H16ClNO3S/c1-9-2-5-11(14)12(8-9)19(17,18)7-6-15-13(16)10-3-4-10/h2,5,8,10H,3-4,6-7H2,1H3,(H,15,16). The second-order valence-corrected chi connectivity index (χ2v) is 7.30. The molecule has 2 rings (SSSR count). The molecule has 6 heteroatoms. The normalized spacial score (nSPS) is 15.3. The van der Waals surface area contributed by atoms with Crippen molar-refractivity contribution < 1.29 is 13.2 Å². The Kier molecular flexibility index (Phi) is 4.16. The van der Waals surface area contributed by atoms with Gasteiger partial charge in [-0.15, -0.1) is 0 Å². The Balaban J connectivity index is 2.01. The van der Waals surface area contributed by atoms with E-state index in [2.05, 4.69) is 5.32 Å². The molecule has 0 bridgehead atoms. The molecule has 1 saturated carbocycles. The SMILES string of the molecule is Cc1ccc(Cl)c(S(=O)(=O)CCNC(=O)C2CC2)c1. The number of hydrogen-bond donors (Lipinski definition) is 1. The minimum absolute atomic E-state index is 0.0504. The molecule has 4 nitrogen and oxygen atoms in total. The van der Waals surface area contributed by atoms with Crippen LogP contribution in [0.25, 0.3) is 0 Å². The van der Waals surface area contributed by atoms with E-state index in [4.69, 9.17) is 11.6 Å². The van der Waals surface area contributed by atoms with Crippen LogP contribution in [-0.2, 0) is 14.6 Å². The van der Waals surface area contributed by atoms with Crippen molar-refractivity contribution in [2.75, 3.05) is 12.3 Å². The monoisotopic (exact) mass is 301 g/mol. The molecule has 0 atom stereocenters. The third-order valence-corrected chi connectivity index (χ3v) is 5.23. The topological polar surface area (TPSA) is 63.2 Å². The average Bonchev–Trinajstić information content (AvgIpc) is 3.15. The Hall–Kier alpha value is -1.07. The molecule has 1 fully saturated rings. The molecular weight excluding hydrogens is 286 g/mol. The fraction of sp³-hybridized carbons (Fsp3) is 0.462. The number of halogens is 1. The third-order valence-electron chi connectivity index (χ3n) is 3.04. The van der Waals surface area contributed by atoms with Crippen molar-refractivity contribution in [2.24, 2.45) is 5.92 Å². The van der Waals surface area contributed by atoms with Gasteiger partial charge in [-0.1, -0.05) is 17.7 Å². The molecule has 1 N–H and O–H groups in total. The van der Waals surface area contributed by atoms with Gasteiger partial charge in [0.15, 0.2) is 9.84 Å². The molecule has 0 unspecified atom stereocenters. The Bertz CT molecular complexity index is 594. The van der Waals surface area contributed by atoms with Gasteiger partial charge in [0.25, 0.3) is 0 Å². The van der Waals surface area contributed by atoms with E-state index >= 15 is 0 Å². The van der Waals surface area contributed by atoms with E-state index in [1.54, 1.807) is 18.2 Å². The van der Waals surface area contributed by atoms with Gasteiger partial charge in [-0.2, -0.15) is 0 Å². The fourth-order valence-electron chi connectivity index (χ4n) is 1.76. The second kappa shape index (κ2) is 5.51. The second-order valence-electron chi connectivity index (χ2n) is 4.82. The van der Waals surface area contributed by atoms with Crippen molar-refractivity contribution in [3.63, 3.8) is 0 Å². The number of benzene rings is 1. The van der Waals surface area contributed by atoms with Gasteiger partial charge < -0.3 is 5.32 Å². The highest BCUT2D eigenvalue weighted by molar-refractivity contribution is 7.91. The van der Waals surface area contributed by atoms with Gasteiger partial charge in [-0.3, -0.25) is 4.79 Å². The summed E-state index contributed by atoms with van der Waals surface area (Å²) in [7, 11) is -3.46. The first kappa shape index (κ1) is 14.3. The van der Waals surface area contributed by atoms with Gasteiger partial charge in [0.1, 0.15) is 0 Å². The largest absolute Gasteiger partial charge is 0.355 e. The van der Waals surface area contributed by atoms with E-state index in [-0.39, 0.29) is 34.0 Å². The lowest BCUT2D eigenvalue weighted by molar-refractivity contribution is -0.122. The van der Waals surface area contributed by atoms with Crippen LogP contribution in [0.3, 0.4) is 0 Å². The van der Waals surface area contributed by atoms with Crippen LogP contribution >= 0.6 is 11.6 Å². The van der Waals surface area contributed by atoms with Crippen LogP contribution in [-0.4, -0.2) is 26.6 Å². The summed E-state index contributed by atoms with van der Waals surface area (Å²) < 4.78 is 24.3. The van der Waals surface area contributed by atoms with Crippen molar-refractivity contribution in [1.29, 1.82) is 0 Å². The maximum absolute atomic E-state index is 12.1. The summed E-state index contributed by atoms with van der Waals surface area (Å²) in [6, 6.07) is 4.89. The van der Waals surface area contributed by atoms with E-state index in [1.807, 2.05) is 6.92 Å². The number of carbonyl (C=O) groups is 1. The Morgan fingerprint density at radius 1 is 1.42 bits per heavy atom. The maximum atomic E-state index is 12.1. The van der Waals surface area contributed by atoms with E-state index in [0.29, 0.717) is 0 Å². The minimum Gasteiger partial charge on any atom is -0.355 e. The number of nitrogens with one attached hydrogen (secondary N) is 1. The van der Waals surface area contributed by atoms with Crippen molar-refractivity contribution in [2.45, 2.75) is 24.7 Å². The number of sulfone groups is 1. The third kappa shape index (κ3) is 3.70. The van der Waals surface area contributed by atoms with Crippen LogP contribution in [0.5, 0.6) is 0 Å². The number of carbonyl (C=O) groups excluding carboxylic acids is 1. The molecular formula is C13H16ClNO3S. The van der Waals surface area contributed by atoms with Crippen LogP contribution in [0, 0.1) is 12.8 Å². The molecule has 1 aromatic carbocycles. The first-order valence-corrected chi connectivity index (χ1v) is 8.20. The Labute approximate surface area is 118 Å². The van der Waals surface area contributed by atoms with Gasteiger partial charge >= 0.3 is 0 Å². The van der Waals surface area contributed by atoms with Gasteiger partial charge in [0, 0.05) is 12.5 Å². The lowest BCUT2D eigenvalue weighted by Crippen LogP contribution is -2.30. The van der Waals surface area contributed by atoms with Crippen LogP contribution < -0.4 is 5.32 Å². The number of hydrogen-bond acceptors (Lipinski definition) is 3. The molecule has 0 heterocycles. The van der Waals surface area contributed by atoms with Gasteiger partial charge in [0.05, 0.1) is 15.7 Å². The average molecular weight is 302 g/mol. The summed E-state index contributed by atoms with van der Waals surface area (Å²) in [5.41, 5.74) is 0.838. The predicted molar refractivity (Wildman–Crippen MR) is 74.0 cm³/mol. The highest BCUT2D eigenvalue weighted by atomic mass is 35.5. The Morgan fingerprint density at radius 2 is 2.11 bits per heavy atom. The van der Waals surface area contributed by atoms with E-state index < -0.39 is 9.84 Å². The van der Waals surface area contributed by atoms with Crippen molar-refractivity contribution in [1.82, 2.24) is 5.32 Å². The molecule has 0 spiro atoms. The van der Waals surface area contributed by atoms with Crippen LogP contribution in [0.2, 0.25) is 5.02 Å². The summed E-state index contributed by atoms with van der Waals surface area (Å²) in [6.45, 7) is 1.94. The molecule has 19 heavy (non-hydrogen) atoms. The Morgan fingerprint density at radius 3 is 2.74 bits per heavy atom. The summed E-state index contributed by atoms with van der Waals surface area (Å²) in [6.07, 6.45) is 1.81. The van der Waals surface area contributed by atoms with Crippen LogP contribution in [0.4, 0.5) is 0 Å². The highest BCUT2D eigenvalue weighted by Crippen LogP contribution is 2.28. The molecule has 1 aromatic rings. The summed E-state index contributed by atoms with van der Waals surface area (Å²) in [5, 5.41) is 2.86. The molecule has 1 amide bonds. The smallest absolute Gasteiger partial charge is 0.223 e. The maximum Gasteiger partial charge on any atom is 0.223 e.